The Labute approximate surface area is 140 Å². The van der Waals surface area contributed by atoms with Crippen LogP contribution < -0.4 is 5.32 Å². The molecule has 24 heavy (non-hydrogen) atoms. The number of hydrogen-bond donors (Lipinski definition) is 1. The SMILES string of the molecule is Cc1ccc(Cl)cc1NC(=O)Cn1nc(C(F)F)c([N+](=O)[O-])c1C. The summed E-state index contributed by atoms with van der Waals surface area (Å²) in [4.78, 5) is 22.1. The van der Waals surface area contributed by atoms with Crippen molar-refractivity contribution in [2.24, 2.45) is 0 Å². The van der Waals surface area contributed by atoms with Crippen molar-refractivity contribution in [3.8, 4) is 0 Å². The predicted octanol–water partition coefficient (Wildman–Crippen LogP) is 3.64. The molecule has 0 fully saturated rings. The number of alkyl halides is 2. The van der Waals surface area contributed by atoms with Gasteiger partial charge in [0.15, 0.2) is 0 Å². The topological polar surface area (TPSA) is 90.1 Å². The lowest BCUT2D eigenvalue weighted by Crippen LogP contribution is -2.21. The minimum absolute atomic E-state index is 0.117. The number of nitrogens with zero attached hydrogens (tertiary/aromatic N) is 3. The maximum atomic E-state index is 12.9. The van der Waals surface area contributed by atoms with E-state index in [0.29, 0.717) is 10.7 Å². The molecule has 7 nitrogen and oxygen atoms in total. The molecule has 0 unspecified atom stereocenters. The van der Waals surface area contributed by atoms with Crippen molar-refractivity contribution in [3.05, 3.63) is 50.3 Å². The van der Waals surface area contributed by atoms with E-state index < -0.39 is 35.2 Å². The molecule has 2 aromatic rings. The third-order valence-electron chi connectivity index (χ3n) is 3.36. The zero-order valence-electron chi connectivity index (χ0n) is 12.7. The molecule has 0 saturated carbocycles. The first-order valence-electron chi connectivity index (χ1n) is 6.76. The molecule has 0 saturated heterocycles. The van der Waals surface area contributed by atoms with Crippen LogP contribution in [0.2, 0.25) is 5.02 Å². The number of aromatic nitrogens is 2. The van der Waals surface area contributed by atoms with E-state index in [1.54, 1.807) is 19.1 Å². The van der Waals surface area contributed by atoms with E-state index in [9.17, 15) is 23.7 Å². The van der Waals surface area contributed by atoms with Gasteiger partial charge in [0, 0.05) is 10.7 Å². The fraction of sp³-hybridized carbons (Fsp3) is 0.286. The van der Waals surface area contributed by atoms with Gasteiger partial charge in [0.2, 0.25) is 11.6 Å². The molecule has 10 heteroatoms. The molecule has 0 aliphatic carbocycles. The summed E-state index contributed by atoms with van der Waals surface area (Å²) in [5.74, 6) is -0.568. The summed E-state index contributed by atoms with van der Waals surface area (Å²) >= 11 is 5.85. The highest BCUT2D eigenvalue weighted by Gasteiger charge is 2.31. The van der Waals surface area contributed by atoms with Gasteiger partial charge in [-0.15, -0.1) is 0 Å². The monoisotopic (exact) mass is 358 g/mol. The van der Waals surface area contributed by atoms with Gasteiger partial charge in [0.05, 0.1) is 4.92 Å². The number of nitrogens with one attached hydrogen (secondary N) is 1. The van der Waals surface area contributed by atoms with Gasteiger partial charge in [0.25, 0.3) is 6.43 Å². The molecular weight excluding hydrogens is 346 g/mol. The lowest BCUT2D eigenvalue weighted by Gasteiger charge is -2.09. The van der Waals surface area contributed by atoms with Crippen molar-refractivity contribution in [2.75, 3.05) is 5.32 Å². The fourth-order valence-corrected chi connectivity index (χ4v) is 2.31. The number of hydrogen-bond acceptors (Lipinski definition) is 4. The van der Waals surface area contributed by atoms with Gasteiger partial charge >= 0.3 is 5.69 Å². The summed E-state index contributed by atoms with van der Waals surface area (Å²) < 4.78 is 26.6. The second-order valence-electron chi connectivity index (χ2n) is 5.04. The van der Waals surface area contributed by atoms with E-state index in [2.05, 4.69) is 10.4 Å². The minimum Gasteiger partial charge on any atom is -0.324 e. The molecule has 1 aromatic heterocycles. The van der Waals surface area contributed by atoms with Crippen LogP contribution in [0.3, 0.4) is 0 Å². The highest BCUT2D eigenvalue weighted by molar-refractivity contribution is 6.31. The van der Waals surface area contributed by atoms with Crippen molar-refractivity contribution in [1.82, 2.24) is 9.78 Å². The first-order valence-corrected chi connectivity index (χ1v) is 7.14. The molecule has 0 spiro atoms. The summed E-state index contributed by atoms with van der Waals surface area (Å²) in [7, 11) is 0. The number of nitro groups is 1. The predicted molar refractivity (Wildman–Crippen MR) is 83.4 cm³/mol. The Morgan fingerprint density at radius 2 is 2.12 bits per heavy atom. The van der Waals surface area contributed by atoms with Crippen LogP contribution in [0, 0.1) is 24.0 Å². The van der Waals surface area contributed by atoms with Crippen LogP contribution in [-0.2, 0) is 11.3 Å². The highest BCUT2D eigenvalue weighted by Crippen LogP contribution is 2.30. The number of carbonyl (C=O) groups is 1. The average molecular weight is 359 g/mol. The Kier molecular flexibility index (Phi) is 5.13. The van der Waals surface area contributed by atoms with Crippen molar-refractivity contribution in [1.29, 1.82) is 0 Å². The standard InChI is InChI=1S/C14H13ClF2N4O3/c1-7-3-4-9(15)5-10(7)18-11(22)6-20-8(2)13(21(23)24)12(19-20)14(16)17/h3-5,14H,6H2,1-2H3,(H,18,22). The lowest BCUT2D eigenvalue weighted by molar-refractivity contribution is -0.386. The van der Waals surface area contributed by atoms with Crippen LogP contribution in [0.15, 0.2) is 18.2 Å². The van der Waals surface area contributed by atoms with Crippen molar-refractivity contribution in [2.45, 2.75) is 26.8 Å². The first-order chi connectivity index (χ1) is 11.2. The van der Waals surface area contributed by atoms with E-state index in [0.717, 1.165) is 10.2 Å². The zero-order chi connectivity index (χ0) is 18.0. The summed E-state index contributed by atoms with van der Waals surface area (Å²) in [5, 5.41) is 17.4. The Balaban J connectivity index is 2.25. The molecule has 0 atom stereocenters. The highest BCUT2D eigenvalue weighted by atomic mass is 35.5. The number of rotatable bonds is 5. The molecular formula is C14H13ClF2N4O3. The summed E-state index contributed by atoms with van der Waals surface area (Å²) in [6, 6.07) is 4.90. The number of anilines is 1. The Bertz CT molecular complexity index is 808. The van der Waals surface area contributed by atoms with Crippen LogP contribution in [0.1, 0.15) is 23.4 Å². The van der Waals surface area contributed by atoms with E-state index in [4.69, 9.17) is 11.6 Å². The normalized spacial score (nSPS) is 10.9. The van der Waals surface area contributed by atoms with Gasteiger partial charge in [-0.2, -0.15) is 5.10 Å². The van der Waals surface area contributed by atoms with E-state index in [1.165, 1.54) is 13.0 Å². The Morgan fingerprint density at radius 1 is 1.46 bits per heavy atom. The quantitative estimate of drug-likeness (QED) is 0.652. The third-order valence-corrected chi connectivity index (χ3v) is 3.59. The van der Waals surface area contributed by atoms with Crippen molar-refractivity contribution in [3.63, 3.8) is 0 Å². The summed E-state index contributed by atoms with van der Waals surface area (Å²) in [6.45, 7) is 2.57. The van der Waals surface area contributed by atoms with Gasteiger partial charge in [-0.3, -0.25) is 19.6 Å². The van der Waals surface area contributed by atoms with E-state index >= 15 is 0 Å². The van der Waals surface area contributed by atoms with Gasteiger partial charge < -0.3 is 5.32 Å². The maximum absolute atomic E-state index is 12.9. The number of aryl methyl sites for hydroxylation is 1. The largest absolute Gasteiger partial charge is 0.324 e. The molecule has 128 valence electrons. The Hall–Kier alpha value is -2.55. The average Bonchev–Trinajstić information content (AvgIpc) is 2.80. The van der Waals surface area contributed by atoms with Crippen LogP contribution in [0.5, 0.6) is 0 Å². The van der Waals surface area contributed by atoms with Crippen LogP contribution in [0.25, 0.3) is 0 Å². The van der Waals surface area contributed by atoms with Gasteiger partial charge in [-0.1, -0.05) is 17.7 Å². The fourth-order valence-electron chi connectivity index (χ4n) is 2.14. The number of benzene rings is 1. The molecule has 1 heterocycles. The van der Waals surface area contributed by atoms with Gasteiger partial charge in [-0.05, 0) is 31.5 Å². The minimum atomic E-state index is -3.11. The first kappa shape index (κ1) is 17.8. The molecule has 0 radical (unpaired) electrons. The molecule has 1 aromatic carbocycles. The smallest absolute Gasteiger partial charge is 0.319 e. The third kappa shape index (κ3) is 3.67. The van der Waals surface area contributed by atoms with Gasteiger partial charge in [-0.25, -0.2) is 8.78 Å². The Morgan fingerprint density at radius 3 is 2.67 bits per heavy atom. The lowest BCUT2D eigenvalue weighted by atomic mass is 10.2. The summed E-state index contributed by atoms with van der Waals surface area (Å²) in [6.07, 6.45) is -3.11. The molecule has 1 amide bonds. The maximum Gasteiger partial charge on any atom is 0.319 e. The van der Waals surface area contributed by atoms with Crippen molar-refractivity contribution < 1.29 is 18.5 Å². The molecule has 1 N–H and O–H groups in total. The van der Waals surface area contributed by atoms with Crippen LogP contribution in [-0.4, -0.2) is 20.6 Å². The molecule has 0 bridgehead atoms. The number of amides is 1. The molecule has 0 aliphatic rings. The molecule has 2 rings (SSSR count). The second kappa shape index (κ2) is 6.91. The molecule has 0 aliphatic heterocycles. The number of halogens is 3. The summed E-state index contributed by atoms with van der Waals surface area (Å²) in [5.41, 5.74) is -0.640. The van der Waals surface area contributed by atoms with Crippen LogP contribution >= 0.6 is 11.6 Å². The van der Waals surface area contributed by atoms with Gasteiger partial charge in [0.1, 0.15) is 12.2 Å². The van der Waals surface area contributed by atoms with E-state index in [1.807, 2.05) is 0 Å². The second-order valence-corrected chi connectivity index (χ2v) is 5.48. The van der Waals surface area contributed by atoms with Crippen LogP contribution in [0.4, 0.5) is 20.2 Å². The number of carbonyl (C=O) groups excluding carboxylic acids is 1. The zero-order valence-corrected chi connectivity index (χ0v) is 13.5. The van der Waals surface area contributed by atoms with E-state index in [-0.39, 0.29) is 5.69 Å². The van der Waals surface area contributed by atoms with Crippen molar-refractivity contribution >= 4 is 28.9 Å².